The number of carbonyl (C=O) groups excluding carboxylic acids is 5. The molecule has 0 unspecified atom stereocenters. The molecule has 0 saturated heterocycles. The number of aliphatic hydroxyl groups is 1. The lowest BCUT2D eigenvalue weighted by molar-refractivity contribution is -0.158. The summed E-state index contributed by atoms with van der Waals surface area (Å²) in [6, 6.07) is 0. The third-order valence-electron chi connectivity index (χ3n) is 9.43. The summed E-state index contributed by atoms with van der Waals surface area (Å²) in [5.74, 6) is -2.41. The molecule has 10 heteroatoms. The van der Waals surface area contributed by atoms with Crippen molar-refractivity contribution in [3.05, 3.63) is 71.5 Å². The van der Waals surface area contributed by atoms with Gasteiger partial charge < -0.3 is 25.2 Å². The van der Waals surface area contributed by atoms with E-state index in [0.717, 1.165) is 38.2 Å². The van der Waals surface area contributed by atoms with Gasteiger partial charge in [-0.2, -0.15) is 0 Å². The summed E-state index contributed by atoms with van der Waals surface area (Å²) >= 11 is 0. The molecule has 0 aromatic heterocycles. The Balaban J connectivity index is 1.52. The average Bonchev–Trinajstić information content (AvgIpc) is 3.84. The summed E-state index contributed by atoms with van der Waals surface area (Å²) in [6.07, 6.45) is 19.4. The van der Waals surface area contributed by atoms with Gasteiger partial charge in [0.2, 0.25) is 17.6 Å². The third-order valence-corrected chi connectivity index (χ3v) is 9.43. The molecule has 3 aliphatic carbocycles. The number of aliphatic hydroxyl groups excluding tert-OH is 1. The van der Waals surface area contributed by atoms with Crippen molar-refractivity contribution < 1.29 is 38.6 Å². The first kappa shape index (κ1) is 36.0. The monoisotopic (exact) mass is 648 g/mol. The molecule has 4 atom stereocenters. The summed E-state index contributed by atoms with van der Waals surface area (Å²) in [6.45, 7) is 3.59. The fourth-order valence-electron chi connectivity index (χ4n) is 6.18. The molecule has 0 aromatic carbocycles. The second-order valence-corrected chi connectivity index (χ2v) is 13.1. The van der Waals surface area contributed by atoms with E-state index in [0.29, 0.717) is 31.3 Å². The molecule has 1 heterocycles. The van der Waals surface area contributed by atoms with Crippen molar-refractivity contribution in [1.82, 2.24) is 10.6 Å². The lowest BCUT2D eigenvalue weighted by Gasteiger charge is -2.30. The number of hydrogen-bond acceptors (Lipinski definition) is 8. The fourth-order valence-corrected chi connectivity index (χ4v) is 6.18. The molecule has 2 bridgehead atoms. The van der Waals surface area contributed by atoms with Crippen molar-refractivity contribution in [3.63, 3.8) is 0 Å². The van der Waals surface area contributed by atoms with Crippen LogP contribution in [0.15, 0.2) is 71.5 Å². The zero-order valence-corrected chi connectivity index (χ0v) is 27.7. The number of Topliss-reactive ketones (excluding diaryl/α,β-unsaturated/α-hetero) is 1. The Morgan fingerprint density at radius 2 is 1.74 bits per heavy atom. The van der Waals surface area contributed by atoms with Gasteiger partial charge in [0.1, 0.15) is 11.6 Å². The topological polar surface area (TPSA) is 148 Å². The molecule has 3 N–H and O–H groups in total. The smallest absolute Gasteiger partial charge is 0.332 e. The number of fused-ring (bicyclic) bond motifs is 2. The van der Waals surface area contributed by atoms with E-state index >= 15 is 0 Å². The van der Waals surface area contributed by atoms with Crippen molar-refractivity contribution >= 4 is 29.4 Å². The Bertz CT molecular complexity index is 1390. The van der Waals surface area contributed by atoms with Crippen molar-refractivity contribution in [2.24, 2.45) is 11.8 Å². The minimum absolute atomic E-state index is 0.0537. The number of carbonyl (C=O) groups is 5. The number of ether oxygens (including phenoxy) is 2. The molecule has 4 rings (SSSR count). The average molecular weight is 649 g/mol. The van der Waals surface area contributed by atoms with Gasteiger partial charge in [0.25, 0.3) is 0 Å². The highest BCUT2D eigenvalue weighted by atomic mass is 16.5. The molecule has 2 amide bonds. The fraction of sp³-hybridized carbons (Fsp3) is 0.541. The molecule has 0 spiro atoms. The number of nitrogens with one attached hydrogen (secondary N) is 2. The Hall–Kier alpha value is -3.89. The highest BCUT2D eigenvalue weighted by molar-refractivity contribution is 6.21. The van der Waals surface area contributed by atoms with Gasteiger partial charge in [0, 0.05) is 37.0 Å². The van der Waals surface area contributed by atoms with Gasteiger partial charge >= 0.3 is 5.97 Å². The maximum Gasteiger partial charge on any atom is 0.332 e. The van der Waals surface area contributed by atoms with Gasteiger partial charge in [0.05, 0.1) is 24.3 Å². The van der Waals surface area contributed by atoms with E-state index < -0.39 is 53.2 Å². The van der Waals surface area contributed by atoms with Crippen LogP contribution >= 0.6 is 0 Å². The maximum absolute atomic E-state index is 13.5. The van der Waals surface area contributed by atoms with Crippen LogP contribution < -0.4 is 10.6 Å². The Morgan fingerprint density at radius 3 is 2.45 bits per heavy atom. The first-order valence-corrected chi connectivity index (χ1v) is 16.7. The highest BCUT2D eigenvalue weighted by Gasteiger charge is 2.54. The normalized spacial score (nSPS) is 27.8. The van der Waals surface area contributed by atoms with Crippen LogP contribution in [0.25, 0.3) is 0 Å². The molecule has 254 valence electrons. The summed E-state index contributed by atoms with van der Waals surface area (Å²) in [5.41, 5.74) is -0.190. The third kappa shape index (κ3) is 10.0. The summed E-state index contributed by atoms with van der Waals surface area (Å²) in [4.78, 5) is 64.6. The number of allylic oxidation sites excluding steroid dienone is 8. The van der Waals surface area contributed by atoms with E-state index in [1.165, 1.54) is 13.2 Å². The van der Waals surface area contributed by atoms with E-state index in [1.807, 2.05) is 19.1 Å². The van der Waals surface area contributed by atoms with Gasteiger partial charge in [-0.25, -0.2) is 4.79 Å². The molecular weight excluding hydrogens is 600 g/mol. The Kier molecular flexibility index (Phi) is 12.8. The molecule has 47 heavy (non-hydrogen) atoms. The van der Waals surface area contributed by atoms with E-state index in [4.69, 9.17) is 9.47 Å². The van der Waals surface area contributed by atoms with Gasteiger partial charge in [-0.05, 0) is 57.1 Å². The number of amides is 2. The first-order chi connectivity index (χ1) is 22.5. The van der Waals surface area contributed by atoms with Crippen LogP contribution in [0.5, 0.6) is 0 Å². The summed E-state index contributed by atoms with van der Waals surface area (Å²) in [7, 11) is 1.47. The van der Waals surface area contributed by atoms with Crippen LogP contribution in [0.4, 0.5) is 0 Å². The molecule has 2 fully saturated rings. The molecular formula is C37H48N2O8. The SMILES string of the molecule is CO[C@H]1C=CC=CC=CC[C@H](OC(=O)C2(NC(=O)C3CCCCC3)CC2)[C@H](C)[C@@H](O)C(C)=CCCC2=CC(=O)C=C(NC(=O)C1)C2=O. The minimum Gasteiger partial charge on any atom is -0.460 e. The molecule has 10 nitrogen and oxygen atoms in total. The van der Waals surface area contributed by atoms with Crippen molar-refractivity contribution in [2.45, 2.75) is 108 Å². The van der Waals surface area contributed by atoms with Crippen LogP contribution in [-0.4, -0.2) is 65.4 Å². The minimum atomic E-state index is -1.01. The van der Waals surface area contributed by atoms with Crippen molar-refractivity contribution in [2.75, 3.05) is 7.11 Å². The molecule has 1 aliphatic heterocycles. The van der Waals surface area contributed by atoms with Crippen LogP contribution in [-0.2, 0) is 33.4 Å². The van der Waals surface area contributed by atoms with E-state index in [-0.39, 0.29) is 35.9 Å². The van der Waals surface area contributed by atoms with Crippen molar-refractivity contribution in [3.8, 4) is 0 Å². The second kappa shape index (κ2) is 16.8. The first-order valence-electron chi connectivity index (χ1n) is 16.7. The van der Waals surface area contributed by atoms with Gasteiger partial charge in [-0.3, -0.25) is 19.2 Å². The number of methoxy groups -OCH3 is 1. The zero-order valence-electron chi connectivity index (χ0n) is 27.7. The molecule has 0 aromatic rings. The number of esters is 1. The summed E-state index contributed by atoms with van der Waals surface area (Å²) in [5, 5.41) is 16.9. The molecule has 0 radical (unpaired) electrons. The lowest BCUT2D eigenvalue weighted by Crippen LogP contribution is -2.48. The standard InChI is InChI=1S/C37H48N2O8/c1-24-13-12-16-27-21-28(40)22-30(34(27)43)38-32(41)23-29(46-3)17-10-5-4-6-11-18-31(25(2)33(24)42)47-36(45)37(19-20-37)39-35(44)26-14-8-7-9-15-26/h4-6,10-11,13,17,21-22,25-26,29,31,33,42H,7-9,12,14-16,18-20,23H2,1-3H3,(H,38,41)(H,39,44)/t25-,29-,31-,33-/m0/s1. The number of ketones is 2. The lowest BCUT2D eigenvalue weighted by atomic mass is 9.88. The zero-order chi connectivity index (χ0) is 34.0. The van der Waals surface area contributed by atoms with Crippen LogP contribution in [0.3, 0.4) is 0 Å². The number of hydrogen-bond donors (Lipinski definition) is 3. The molecule has 4 aliphatic rings. The van der Waals surface area contributed by atoms with Gasteiger partial charge in [-0.15, -0.1) is 0 Å². The van der Waals surface area contributed by atoms with Crippen LogP contribution in [0.1, 0.15) is 84.5 Å². The van der Waals surface area contributed by atoms with E-state index in [9.17, 15) is 29.1 Å². The van der Waals surface area contributed by atoms with Gasteiger partial charge in [0.15, 0.2) is 5.78 Å². The largest absolute Gasteiger partial charge is 0.460 e. The van der Waals surface area contributed by atoms with E-state index in [1.54, 1.807) is 37.3 Å². The van der Waals surface area contributed by atoms with Crippen LogP contribution in [0, 0.1) is 11.8 Å². The second-order valence-electron chi connectivity index (χ2n) is 13.1. The maximum atomic E-state index is 13.5. The molecule has 2 saturated carbocycles. The Morgan fingerprint density at radius 1 is 1.02 bits per heavy atom. The Labute approximate surface area is 277 Å². The van der Waals surface area contributed by atoms with Crippen LogP contribution in [0.2, 0.25) is 0 Å². The highest BCUT2D eigenvalue weighted by Crippen LogP contribution is 2.39. The quantitative estimate of drug-likeness (QED) is 0.226. The predicted octanol–water partition coefficient (Wildman–Crippen LogP) is 4.41. The summed E-state index contributed by atoms with van der Waals surface area (Å²) < 4.78 is 11.4. The number of rotatable bonds is 5. The van der Waals surface area contributed by atoms with Gasteiger partial charge in [-0.1, -0.05) is 68.7 Å². The van der Waals surface area contributed by atoms with Crippen molar-refractivity contribution in [1.29, 1.82) is 0 Å². The van der Waals surface area contributed by atoms with E-state index in [2.05, 4.69) is 10.6 Å². The predicted molar refractivity (Wildman–Crippen MR) is 176 cm³/mol.